The first-order valence-electron chi connectivity index (χ1n) is 19.9. The predicted octanol–water partition coefficient (Wildman–Crippen LogP) is 10.4. The van der Waals surface area contributed by atoms with E-state index < -0.39 is 0 Å². The molecule has 7 nitrogen and oxygen atoms in total. The minimum absolute atomic E-state index is 0.0150. The van der Waals surface area contributed by atoms with Crippen molar-refractivity contribution in [3.8, 4) is 0 Å². The van der Waals surface area contributed by atoms with Crippen molar-refractivity contribution in [2.75, 3.05) is 39.3 Å². The van der Waals surface area contributed by atoms with Gasteiger partial charge in [0.05, 0.1) is 6.54 Å². The van der Waals surface area contributed by atoms with Crippen molar-refractivity contribution in [1.29, 1.82) is 0 Å². The van der Waals surface area contributed by atoms with Crippen LogP contribution in [0.25, 0.3) is 0 Å². The number of nitrogens with zero attached hydrogens (tertiary/aromatic N) is 2. The summed E-state index contributed by atoms with van der Waals surface area (Å²) in [7, 11) is 0. The van der Waals surface area contributed by atoms with Crippen LogP contribution in [0.2, 0.25) is 0 Å². The predicted molar refractivity (Wildman–Crippen MR) is 191 cm³/mol. The van der Waals surface area contributed by atoms with Crippen molar-refractivity contribution in [2.24, 2.45) is 0 Å². The number of ether oxygens (including phenoxy) is 2. The van der Waals surface area contributed by atoms with E-state index in [-0.39, 0.29) is 18.2 Å². The number of hydrogen-bond donors (Lipinski definition) is 0. The van der Waals surface area contributed by atoms with Crippen LogP contribution in [0.5, 0.6) is 0 Å². The summed E-state index contributed by atoms with van der Waals surface area (Å²) in [6.45, 7) is 9.73. The summed E-state index contributed by atoms with van der Waals surface area (Å²) in [6.07, 6.45) is 31.9. The SMILES string of the molecule is CCCCCCCCC(CCCCCCCC)OC(=O)CCCCCCCN(CCCCCCCC=O)CCCN1CCOC1=O. The third-order valence-corrected chi connectivity index (χ3v) is 9.46. The van der Waals surface area contributed by atoms with E-state index >= 15 is 0 Å². The molecule has 0 aromatic heterocycles. The smallest absolute Gasteiger partial charge is 0.409 e. The van der Waals surface area contributed by atoms with Crippen molar-refractivity contribution in [3.05, 3.63) is 0 Å². The zero-order valence-electron chi connectivity index (χ0n) is 30.4. The Morgan fingerprint density at radius 3 is 1.76 bits per heavy atom. The fourth-order valence-electron chi connectivity index (χ4n) is 6.49. The second kappa shape index (κ2) is 31.9. The van der Waals surface area contributed by atoms with Gasteiger partial charge < -0.3 is 24.1 Å². The molecule has 7 heteroatoms. The maximum absolute atomic E-state index is 12.7. The molecule has 1 heterocycles. The van der Waals surface area contributed by atoms with Crippen LogP contribution in [-0.4, -0.2) is 73.6 Å². The highest BCUT2D eigenvalue weighted by Gasteiger charge is 2.21. The van der Waals surface area contributed by atoms with Gasteiger partial charge in [-0.3, -0.25) is 4.79 Å². The zero-order chi connectivity index (χ0) is 33.3. The molecule has 0 radical (unpaired) electrons. The average molecular weight is 651 g/mol. The fraction of sp³-hybridized carbons (Fsp3) is 0.923. The van der Waals surface area contributed by atoms with E-state index in [0.717, 1.165) is 83.8 Å². The first kappa shape index (κ1) is 42.4. The normalized spacial score (nSPS) is 13.2. The second-order valence-corrected chi connectivity index (χ2v) is 13.8. The maximum atomic E-state index is 12.7. The van der Waals surface area contributed by atoms with Crippen LogP contribution in [0, 0.1) is 0 Å². The molecule has 1 saturated heterocycles. The van der Waals surface area contributed by atoms with Gasteiger partial charge in [0.2, 0.25) is 0 Å². The van der Waals surface area contributed by atoms with Gasteiger partial charge in [-0.05, 0) is 77.4 Å². The van der Waals surface area contributed by atoms with E-state index in [1.165, 1.54) is 109 Å². The van der Waals surface area contributed by atoms with Crippen molar-refractivity contribution < 1.29 is 23.9 Å². The number of carbonyl (C=O) groups is 3. The van der Waals surface area contributed by atoms with Crippen LogP contribution in [0.4, 0.5) is 4.79 Å². The van der Waals surface area contributed by atoms with Crippen LogP contribution in [-0.2, 0) is 19.1 Å². The van der Waals surface area contributed by atoms with E-state index in [0.29, 0.717) is 26.0 Å². The molecule has 0 aromatic rings. The van der Waals surface area contributed by atoms with Gasteiger partial charge in [-0.25, -0.2) is 4.79 Å². The molecule has 1 aliphatic rings. The molecule has 0 unspecified atom stereocenters. The highest BCUT2D eigenvalue weighted by atomic mass is 16.6. The van der Waals surface area contributed by atoms with Crippen LogP contribution < -0.4 is 0 Å². The maximum Gasteiger partial charge on any atom is 0.409 e. The summed E-state index contributed by atoms with van der Waals surface area (Å²) in [5, 5.41) is 0. The fourth-order valence-corrected chi connectivity index (χ4v) is 6.49. The largest absolute Gasteiger partial charge is 0.462 e. The Hall–Kier alpha value is -1.63. The number of amides is 1. The summed E-state index contributed by atoms with van der Waals surface area (Å²) in [5.41, 5.74) is 0. The monoisotopic (exact) mass is 651 g/mol. The van der Waals surface area contributed by atoms with Gasteiger partial charge in [0.25, 0.3) is 0 Å². The summed E-state index contributed by atoms with van der Waals surface area (Å²) in [4.78, 5) is 39.4. The molecule has 0 aliphatic carbocycles. The van der Waals surface area contributed by atoms with Crippen LogP contribution in [0.15, 0.2) is 0 Å². The Morgan fingerprint density at radius 2 is 1.22 bits per heavy atom. The van der Waals surface area contributed by atoms with Gasteiger partial charge in [0.1, 0.15) is 19.0 Å². The Morgan fingerprint density at radius 1 is 0.717 bits per heavy atom. The van der Waals surface area contributed by atoms with E-state index in [4.69, 9.17) is 9.47 Å². The third-order valence-electron chi connectivity index (χ3n) is 9.46. The first-order chi connectivity index (χ1) is 22.6. The van der Waals surface area contributed by atoms with E-state index in [9.17, 15) is 14.4 Å². The van der Waals surface area contributed by atoms with Gasteiger partial charge in [0.15, 0.2) is 0 Å². The molecule has 0 atom stereocenters. The van der Waals surface area contributed by atoms with Crippen LogP contribution in [0.1, 0.15) is 187 Å². The number of carbonyl (C=O) groups excluding carboxylic acids is 3. The van der Waals surface area contributed by atoms with Gasteiger partial charge in [-0.2, -0.15) is 0 Å². The lowest BCUT2D eigenvalue weighted by atomic mass is 10.0. The summed E-state index contributed by atoms with van der Waals surface area (Å²) < 4.78 is 11.1. The molecule has 270 valence electrons. The van der Waals surface area contributed by atoms with Crippen molar-refractivity contribution >= 4 is 18.3 Å². The lowest BCUT2D eigenvalue weighted by Crippen LogP contribution is -2.32. The zero-order valence-corrected chi connectivity index (χ0v) is 30.4. The molecule has 46 heavy (non-hydrogen) atoms. The summed E-state index contributed by atoms with van der Waals surface area (Å²) >= 11 is 0. The number of hydrogen-bond acceptors (Lipinski definition) is 6. The van der Waals surface area contributed by atoms with Gasteiger partial charge in [-0.15, -0.1) is 0 Å². The topological polar surface area (TPSA) is 76.2 Å². The molecule has 0 bridgehead atoms. The third kappa shape index (κ3) is 25.5. The minimum Gasteiger partial charge on any atom is -0.462 e. The number of esters is 1. The first-order valence-corrected chi connectivity index (χ1v) is 19.9. The highest BCUT2D eigenvalue weighted by molar-refractivity contribution is 5.69. The lowest BCUT2D eigenvalue weighted by Gasteiger charge is -2.23. The lowest BCUT2D eigenvalue weighted by molar-refractivity contribution is -0.150. The van der Waals surface area contributed by atoms with E-state index in [1.807, 2.05) is 4.90 Å². The Kier molecular flexibility index (Phi) is 29.4. The van der Waals surface area contributed by atoms with E-state index in [2.05, 4.69) is 18.7 Å². The molecule has 0 spiro atoms. The molecule has 1 aliphatic heterocycles. The van der Waals surface area contributed by atoms with Crippen LogP contribution >= 0.6 is 0 Å². The van der Waals surface area contributed by atoms with Crippen molar-refractivity contribution in [3.63, 3.8) is 0 Å². The van der Waals surface area contributed by atoms with Gasteiger partial charge in [-0.1, -0.05) is 117 Å². The second-order valence-electron chi connectivity index (χ2n) is 13.8. The molecule has 0 saturated carbocycles. The van der Waals surface area contributed by atoms with Crippen molar-refractivity contribution in [2.45, 2.75) is 193 Å². The molecule has 1 rings (SSSR count). The number of aldehydes is 1. The molecule has 0 N–H and O–H groups in total. The number of unbranched alkanes of at least 4 members (excludes halogenated alkanes) is 19. The molecule has 0 aromatic carbocycles. The Bertz CT molecular complexity index is 702. The van der Waals surface area contributed by atoms with Gasteiger partial charge in [0, 0.05) is 19.4 Å². The molecule has 1 fully saturated rings. The highest BCUT2D eigenvalue weighted by Crippen LogP contribution is 2.18. The Labute approximate surface area is 284 Å². The van der Waals surface area contributed by atoms with Crippen LogP contribution in [0.3, 0.4) is 0 Å². The average Bonchev–Trinajstić information content (AvgIpc) is 3.46. The Balaban J connectivity index is 2.27. The van der Waals surface area contributed by atoms with Crippen molar-refractivity contribution in [1.82, 2.24) is 9.80 Å². The minimum atomic E-state index is -0.170. The molecule has 1 amide bonds. The standard InChI is InChI=1S/C39H74N2O5/c1-3-5-7-9-14-20-27-37(28-21-15-10-8-6-4-2)46-38(43)29-22-16-13-18-24-31-40(30-23-17-11-12-19-25-35-42)32-26-33-41-34-36-45-39(41)44/h35,37H,3-34,36H2,1-2H3. The quantitative estimate of drug-likeness (QED) is 0.0386. The van der Waals surface area contributed by atoms with E-state index in [1.54, 1.807) is 0 Å². The number of cyclic esters (lactones) is 1. The summed E-state index contributed by atoms with van der Waals surface area (Å²) in [6, 6.07) is 0. The molecular weight excluding hydrogens is 576 g/mol. The number of rotatable bonds is 35. The molecular formula is C39H74N2O5. The van der Waals surface area contributed by atoms with Gasteiger partial charge >= 0.3 is 12.1 Å². The summed E-state index contributed by atoms with van der Waals surface area (Å²) in [5.74, 6) is 0.0150.